The van der Waals surface area contributed by atoms with E-state index in [-0.39, 0.29) is 0 Å². The first kappa shape index (κ1) is 30.2. The van der Waals surface area contributed by atoms with Crippen molar-refractivity contribution in [3.05, 3.63) is 115 Å². The third kappa shape index (κ3) is 5.71. The lowest BCUT2D eigenvalue weighted by atomic mass is 9.88. The Balaban J connectivity index is 1.89. The summed E-state index contributed by atoms with van der Waals surface area (Å²) < 4.78 is 23.7. The van der Waals surface area contributed by atoms with Crippen molar-refractivity contribution in [2.24, 2.45) is 0 Å². The van der Waals surface area contributed by atoms with Gasteiger partial charge in [0, 0.05) is 47.9 Å². The quantitative estimate of drug-likeness (QED) is 0.213. The molecule has 0 aromatic heterocycles. The molecule has 0 aliphatic heterocycles. The minimum absolute atomic E-state index is 0.295. The number of hydrogen-bond donors (Lipinski definition) is 0. The van der Waals surface area contributed by atoms with Crippen LogP contribution in [-0.4, -0.2) is 53.6 Å². The third-order valence-corrected chi connectivity index (χ3v) is 7.94. The van der Waals surface area contributed by atoms with E-state index in [1.807, 2.05) is 0 Å². The highest BCUT2D eigenvalue weighted by Gasteiger charge is 2.23. The zero-order valence-electron chi connectivity index (χ0n) is 25.0. The summed E-state index contributed by atoms with van der Waals surface area (Å²) in [6.07, 6.45) is 4.30. The van der Waals surface area contributed by atoms with Gasteiger partial charge in [-0.3, -0.25) is 19.2 Å². The first-order valence-corrected chi connectivity index (χ1v) is 14.0. The minimum Gasteiger partial charge on any atom is -0.496 e. The lowest BCUT2D eigenvalue weighted by Crippen LogP contribution is -2.08. The highest BCUT2D eigenvalue weighted by atomic mass is 16.5. The number of methoxy groups -OCH3 is 4. The molecule has 1 aliphatic rings. The smallest absolute Gasteiger partial charge is 0.150 e. The Labute approximate surface area is 255 Å². The van der Waals surface area contributed by atoms with Gasteiger partial charge in [0.1, 0.15) is 48.1 Å². The van der Waals surface area contributed by atoms with E-state index in [0.717, 1.165) is 69.7 Å². The molecule has 0 radical (unpaired) electrons. The molecule has 8 bridgehead atoms. The second-order valence-electron chi connectivity index (χ2n) is 10.7. The van der Waals surface area contributed by atoms with E-state index < -0.39 is 0 Å². The van der Waals surface area contributed by atoms with E-state index in [0.29, 0.717) is 70.9 Å². The van der Waals surface area contributed by atoms with Crippen molar-refractivity contribution in [1.82, 2.24) is 0 Å². The van der Waals surface area contributed by atoms with Gasteiger partial charge in [-0.1, -0.05) is 0 Å². The van der Waals surface area contributed by atoms with Crippen molar-refractivity contribution in [3.8, 4) is 23.0 Å². The molecule has 4 aromatic carbocycles. The summed E-state index contributed by atoms with van der Waals surface area (Å²) in [5.41, 5.74) is 7.59. The number of rotatable bonds is 8. The topological polar surface area (TPSA) is 105 Å². The van der Waals surface area contributed by atoms with Gasteiger partial charge in [0.15, 0.2) is 0 Å². The molecule has 0 unspecified atom stereocenters. The zero-order chi connectivity index (χ0) is 31.4. The summed E-state index contributed by atoms with van der Waals surface area (Å²) >= 11 is 0. The van der Waals surface area contributed by atoms with Crippen LogP contribution in [0.25, 0.3) is 0 Å². The van der Waals surface area contributed by atoms with E-state index in [1.165, 1.54) is 0 Å². The van der Waals surface area contributed by atoms with Gasteiger partial charge >= 0.3 is 0 Å². The van der Waals surface area contributed by atoms with E-state index in [9.17, 15) is 19.2 Å². The lowest BCUT2D eigenvalue weighted by Gasteiger charge is -2.22. The molecular weight excluding hydrogens is 560 g/mol. The fraction of sp³-hybridized carbons (Fsp3) is 0.222. The van der Waals surface area contributed by atoms with Gasteiger partial charge in [0.05, 0.1) is 28.4 Å². The van der Waals surface area contributed by atoms with Gasteiger partial charge in [-0.25, -0.2) is 0 Å². The van der Waals surface area contributed by atoms with Crippen LogP contribution in [0.3, 0.4) is 0 Å². The molecule has 0 heterocycles. The van der Waals surface area contributed by atoms with Crippen LogP contribution in [0.2, 0.25) is 0 Å². The number of aldehydes is 4. The Bertz CT molecular complexity index is 1430. The van der Waals surface area contributed by atoms with E-state index in [4.69, 9.17) is 18.9 Å². The molecule has 0 N–H and O–H groups in total. The second kappa shape index (κ2) is 13.0. The van der Waals surface area contributed by atoms with Gasteiger partial charge in [0.2, 0.25) is 0 Å². The van der Waals surface area contributed by atoms with Crippen LogP contribution in [-0.2, 0) is 25.7 Å². The molecule has 224 valence electrons. The number of benzene rings is 4. The lowest BCUT2D eigenvalue weighted by molar-refractivity contribution is 0.111. The van der Waals surface area contributed by atoms with Crippen LogP contribution in [0, 0.1) is 0 Å². The summed E-state index contributed by atoms with van der Waals surface area (Å²) in [5, 5.41) is 0. The molecule has 44 heavy (non-hydrogen) atoms. The molecular formula is C36H32O8. The summed E-state index contributed by atoms with van der Waals surface area (Å²) in [6, 6.07) is 14.1. The van der Waals surface area contributed by atoms with Crippen molar-refractivity contribution in [3.63, 3.8) is 0 Å². The van der Waals surface area contributed by atoms with E-state index in [2.05, 4.69) is 0 Å². The normalized spacial score (nSPS) is 12.1. The van der Waals surface area contributed by atoms with Crippen LogP contribution in [0.5, 0.6) is 23.0 Å². The Morgan fingerprint density at radius 3 is 0.636 bits per heavy atom. The predicted octanol–water partition coefficient (Wildman–Crippen LogP) is 5.65. The molecule has 8 heteroatoms. The van der Waals surface area contributed by atoms with Gasteiger partial charge in [-0.15, -0.1) is 0 Å². The fourth-order valence-corrected chi connectivity index (χ4v) is 6.32. The molecule has 0 atom stereocenters. The van der Waals surface area contributed by atoms with Crippen LogP contribution in [0.1, 0.15) is 85.9 Å². The molecule has 8 nitrogen and oxygen atoms in total. The summed E-state index contributed by atoms with van der Waals surface area (Å²) in [7, 11) is 6.28. The van der Waals surface area contributed by atoms with Crippen molar-refractivity contribution < 1.29 is 38.1 Å². The Morgan fingerprint density at radius 2 is 0.523 bits per heavy atom. The number of fused-ring (bicyclic) bond motifs is 8. The molecule has 5 rings (SSSR count). The molecule has 0 saturated carbocycles. The van der Waals surface area contributed by atoms with Crippen LogP contribution < -0.4 is 18.9 Å². The van der Waals surface area contributed by atoms with Gasteiger partial charge in [0.25, 0.3) is 0 Å². The average molecular weight is 593 g/mol. The van der Waals surface area contributed by atoms with Crippen molar-refractivity contribution in [2.75, 3.05) is 28.4 Å². The largest absolute Gasteiger partial charge is 0.496 e. The molecule has 4 aromatic rings. The molecule has 0 spiro atoms. The number of carbonyl (C=O) groups is 4. The third-order valence-electron chi connectivity index (χ3n) is 7.94. The average Bonchev–Trinajstić information content (AvgIpc) is 3.03. The van der Waals surface area contributed by atoms with Crippen LogP contribution >= 0.6 is 0 Å². The maximum absolute atomic E-state index is 12.1. The van der Waals surface area contributed by atoms with Gasteiger partial charge < -0.3 is 18.9 Å². The number of carbonyl (C=O) groups excluding carboxylic acids is 4. The van der Waals surface area contributed by atoms with Crippen molar-refractivity contribution >= 4 is 25.1 Å². The Morgan fingerprint density at radius 1 is 0.364 bits per heavy atom. The maximum atomic E-state index is 12.1. The predicted molar refractivity (Wildman–Crippen MR) is 165 cm³/mol. The Kier molecular flexibility index (Phi) is 8.90. The monoisotopic (exact) mass is 592 g/mol. The molecule has 0 fully saturated rings. The summed E-state index contributed by atoms with van der Waals surface area (Å²) in [4.78, 5) is 48.4. The summed E-state index contributed by atoms with van der Waals surface area (Å²) in [5.74, 6) is 2.30. The highest BCUT2D eigenvalue weighted by Crippen LogP contribution is 2.40. The van der Waals surface area contributed by atoms with E-state index in [1.54, 1.807) is 77.0 Å². The first-order valence-electron chi connectivity index (χ1n) is 14.0. The van der Waals surface area contributed by atoms with Crippen molar-refractivity contribution in [1.29, 1.82) is 0 Å². The standard InChI is InChI=1S/C36H32O8/c1-41-33-25-5-21(17-37)6-26(33)14-28-8-23(19-39)10-30(35(28)43-3)16-32-12-24(20-40)11-31(36(32)44-4)15-29-9-22(18-38)7-27(13-25)34(29)42-2/h5-12,17-20H,13-16H2,1-4H3. The highest BCUT2D eigenvalue weighted by molar-refractivity contribution is 5.80. The van der Waals surface area contributed by atoms with Gasteiger partial charge in [-0.2, -0.15) is 0 Å². The maximum Gasteiger partial charge on any atom is 0.150 e. The summed E-state index contributed by atoms with van der Waals surface area (Å²) in [6.45, 7) is 0. The first-order chi connectivity index (χ1) is 21.4. The minimum atomic E-state index is 0.295. The van der Waals surface area contributed by atoms with Crippen LogP contribution in [0.15, 0.2) is 48.5 Å². The number of ether oxygens (including phenoxy) is 4. The van der Waals surface area contributed by atoms with Gasteiger partial charge in [-0.05, 0) is 93.0 Å². The SMILES string of the molecule is COc1c2cc(C=O)cc1Cc1cc(C=O)cc(c1OC)Cc1cc(C=O)cc(c1OC)Cc1cc(C=O)cc(c1OC)C2. The van der Waals surface area contributed by atoms with Crippen LogP contribution in [0.4, 0.5) is 0 Å². The zero-order valence-corrected chi connectivity index (χ0v) is 25.0. The molecule has 1 aliphatic carbocycles. The fourth-order valence-electron chi connectivity index (χ4n) is 6.32. The Hall–Kier alpha value is -5.24. The van der Waals surface area contributed by atoms with E-state index >= 15 is 0 Å². The molecule has 0 amide bonds. The van der Waals surface area contributed by atoms with Crippen molar-refractivity contribution in [2.45, 2.75) is 25.7 Å². The second-order valence-corrected chi connectivity index (χ2v) is 10.7. The molecule has 0 saturated heterocycles. The number of hydrogen-bond acceptors (Lipinski definition) is 8.